The fourth-order valence-corrected chi connectivity index (χ4v) is 0.898. The van der Waals surface area contributed by atoms with Crippen molar-refractivity contribution < 1.29 is 9.53 Å². The van der Waals surface area contributed by atoms with Crippen LogP contribution in [0.15, 0.2) is 5.29 Å². The van der Waals surface area contributed by atoms with Crippen LogP contribution >= 0.6 is 0 Å². The Morgan fingerprint density at radius 2 is 2.33 bits per heavy atom. The molecule has 0 aliphatic rings. The van der Waals surface area contributed by atoms with Gasteiger partial charge < -0.3 is 4.74 Å². The van der Waals surface area contributed by atoms with Crippen molar-refractivity contribution in [2.24, 2.45) is 5.29 Å². The first-order chi connectivity index (χ1) is 5.70. The van der Waals surface area contributed by atoms with Gasteiger partial charge in [-0.2, -0.15) is 0 Å². The molecule has 0 aliphatic heterocycles. The van der Waals surface area contributed by atoms with Crippen LogP contribution in [0, 0.1) is 4.91 Å². The second-order valence-electron chi connectivity index (χ2n) is 2.47. The third kappa shape index (κ3) is 5.64. The molecule has 5 nitrogen and oxygen atoms in total. The van der Waals surface area contributed by atoms with Gasteiger partial charge in [0.25, 0.3) is 0 Å². The summed E-state index contributed by atoms with van der Waals surface area (Å²) in [6.07, 6.45) is 1.39. The van der Waals surface area contributed by atoms with Crippen LogP contribution in [0.5, 0.6) is 0 Å². The molecule has 0 bridgehead atoms. The summed E-state index contributed by atoms with van der Waals surface area (Å²) in [5.74, 6) is -0.332. The predicted molar refractivity (Wildman–Crippen MR) is 44.3 cm³/mol. The van der Waals surface area contributed by atoms with Gasteiger partial charge in [-0.25, -0.2) is 0 Å². The fraction of sp³-hybridized carbons (Fsp3) is 0.857. The van der Waals surface area contributed by atoms with Gasteiger partial charge in [0.15, 0.2) is 0 Å². The lowest BCUT2D eigenvalue weighted by Gasteiger charge is -2.14. The molecule has 0 amide bonds. The molecular weight excluding hydrogens is 160 g/mol. The van der Waals surface area contributed by atoms with Crippen molar-refractivity contribution in [1.82, 2.24) is 5.43 Å². The van der Waals surface area contributed by atoms with Crippen molar-refractivity contribution >= 4 is 5.97 Å². The van der Waals surface area contributed by atoms with Crippen LogP contribution < -0.4 is 5.43 Å². The molecule has 0 radical (unpaired) electrons. The topological polar surface area (TPSA) is 67.8 Å². The van der Waals surface area contributed by atoms with Crippen LogP contribution in [-0.2, 0) is 9.53 Å². The van der Waals surface area contributed by atoms with Crippen LogP contribution in [0.4, 0.5) is 0 Å². The van der Waals surface area contributed by atoms with Crippen molar-refractivity contribution in [3.8, 4) is 0 Å². The number of nitrogens with zero attached hydrogens (tertiary/aromatic N) is 1. The molecule has 1 atom stereocenters. The minimum atomic E-state index is -0.332. The maximum atomic E-state index is 10.5. The monoisotopic (exact) mass is 174 g/mol. The Labute approximate surface area is 71.4 Å². The molecule has 12 heavy (non-hydrogen) atoms. The quantitative estimate of drug-likeness (QED) is 0.370. The summed E-state index contributed by atoms with van der Waals surface area (Å²) in [4.78, 5) is 20.2. The number of carbonyl (C=O) groups is 1. The zero-order valence-corrected chi connectivity index (χ0v) is 7.37. The normalized spacial score (nSPS) is 11.8. The Morgan fingerprint density at radius 1 is 1.67 bits per heavy atom. The molecule has 0 aromatic rings. The van der Waals surface area contributed by atoms with E-state index in [1.807, 2.05) is 6.92 Å². The number of hydrogen-bond acceptors (Lipinski definition) is 4. The average Bonchev–Trinajstić information content (AvgIpc) is 2.00. The van der Waals surface area contributed by atoms with E-state index in [1.54, 1.807) is 0 Å². The van der Waals surface area contributed by atoms with Crippen molar-refractivity contribution in [2.45, 2.75) is 32.8 Å². The first-order valence-corrected chi connectivity index (χ1v) is 3.93. The van der Waals surface area contributed by atoms with Crippen molar-refractivity contribution in [3.05, 3.63) is 4.91 Å². The molecule has 0 aromatic carbocycles. The van der Waals surface area contributed by atoms with Crippen LogP contribution in [0.1, 0.15) is 26.7 Å². The Balaban J connectivity index is 3.68. The standard InChI is InChI=1S/C7H14N2O3/c1-3-4-7(5-8-9-11)12-6(2)10/h7H,3-5H2,1-2H3,(H,8,11). The van der Waals surface area contributed by atoms with E-state index < -0.39 is 0 Å². The van der Waals surface area contributed by atoms with Gasteiger partial charge in [0.2, 0.25) is 0 Å². The summed E-state index contributed by atoms with van der Waals surface area (Å²) < 4.78 is 4.89. The van der Waals surface area contributed by atoms with Gasteiger partial charge in [-0.3, -0.25) is 10.2 Å². The maximum Gasteiger partial charge on any atom is 0.302 e. The largest absolute Gasteiger partial charge is 0.461 e. The molecule has 0 heterocycles. The van der Waals surface area contributed by atoms with Gasteiger partial charge in [0, 0.05) is 12.2 Å². The number of esters is 1. The number of nitroso groups, excluding NO2 is 1. The zero-order valence-electron chi connectivity index (χ0n) is 7.37. The third-order valence-corrected chi connectivity index (χ3v) is 1.33. The summed E-state index contributed by atoms with van der Waals surface area (Å²) >= 11 is 0. The number of ether oxygens (including phenoxy) is 1. The molecule has 0 aromatic heterocycles. The Kier molecular flexibility index (Phi) is 5.95. The molecule has 1 unspecified atom stereocenters. The number of hydrogen-bond donors (Lipinski definition) is 1. The van der Waals surface area contributed by atoms with Crippen molar-refractivity contribution in [2.75, 3.05) is 6.54 Å². The van der Waals surface area contributed by atoms with E-state index in [0.29, 0.717) is 0 Å². The summed E-state index contributed by atoms with van der Waals surface area (Å²) in [5.41, 5.74) is 2.23. The van der Waals surface area contributed by atoms with Gasteiger partial charge in [-0.05, 0) is 6.42 Å². The van der Waals surface area contributed by atoms with Crippen LogP contribution in [-0.4, -0.2) is 18.6 Å². The summed E-state index contributed by atoms with van der Waals surface area (Å²) in [6, 6.07) is 0. The molecule has 70 valence electrons. The predicted octanol–water partition coefficient (Wildman–Crippen LogP) is 0.989. The van der Waals surface area contributed by atoms with E-state index in [4.69, 9.17) is 4.74 Å². The van der Waals surface area contributed by atoms with Crippen LogP contribution in [0.3, 0.4) is 0 Å². The molecule has 0 saturated carbocycles. The van der Waals surface area contributed by atoms with Gasteiger partial charge >= 0.3 is 5.97 Å². The van der Waals surface area contributed by atoms with Crippen molar-refractivity contribution in [1.29, 1.82) is 0 Å². The van der Waals surface area contributed by atoms with Gasteiger partial charge in [-0.15, -0.1) is 4.91 Å². The second-order valence-corrected chi connectivity index (χ2v) is 2.47. The maximum absolute atomic E-state index is 10.5. The molecule has 1 N–H and O–H groups in total. The lowest BCUT2D eigenvalue weighted by atomic mass is 10.2. The Morgan fingerprint density at radius 3 is 2.75 bits per heavy atom. The second kappa shape index (κ2) is 6.57. The van der Waals surface area contributed by atoms with Crippen LogP contribution in [0.25, 0.3) is 0 Å². The Hall–Kier alpha value is -1.13. The fourth-order valence-electron chi connectivity index (χ4n) is 0.898. The van der Waals surface area contributed by atoms with E-state index in [1.165, 1.54) is 6.92 Å². The number of nitrogens with one attached hydrogen (secondary N) is 1. The smallest absolute Gasteiger partial charge is 0.302 e. The summed E-state index contributed by atoms with van der Waals surface area (Å²) in [7, 11) is 0. The summed E-state index contributed by atoms with van der Waals surface area (Å²) in [5, 5.41) is 2.47. The van der Waals surface area contributed by atoms with E-state index in [2.05, 4.69) is 10.7 Å². The van der Waals surface area contributed by atoms with Crippen LogP contribution in [0.2, 0.25) is 0 Å². The molecule has 0 rings (SSSR count). The molecule has 0 fully saturated rings. The van der Waals surface area contributed by atoms with E-state index in [0.717, 1.165) is 12.8 Å². The minimum Gasteiger partial charge on any atom is -0.461 e. The lowest BCUT2D eigenvalue weighted by Crippen LogP contribution is -2.27. The van der Waals surface area contributed by atoms with E-state index >= 15 is 0 Å². The number of rotatable bonds is 6. The highest BCUT2D eigenvalue weighted by molar-refractivity contribution is 5.66. The highest BCUT2D eigenvalue weighted by atomic mass is 16.5. The van der Waals surface area contributed by atoms with Crippen molar-refractivity contribution in [3.63, 3.8) is 0 Å². The van der Waals surface area contributed by atoms with Gasteiger partial charge in [0.1, 0.15) is 6.10 Å². The highest BCUT2D eigenvalue weighted by Crippen LogP contribution is 2.01. The first kappa shape index (κ1) is 10.9. The third-order valence-electron chi connectivity index (χ3n) is 1.33. The van der Waals surface area contributed by atoms with E-state index in [-0.39, 0.29) is 18.6 Å². The SMILES string of the molecule is CCCC(CNN=O)OC(C)=O. The highest BCUT2D eigenvalue weighted by Gasteiger charge is 2.09. The molecule has 0 spiro atoms. The molecule has 0 aliphatic carbocycles. The zero-order chi connectivity index (χ0) is 9.40. The lowest BCUT2D eigenvalue weighted by molar-refractivity contribution is -0.146. The average molecular weight is 174 g/mol. The number of carbonyl (C=O) groups excluding carboxylic acids is 1. The van der Waals surface area contributed by atoms with E-state index in [9.17, 15) is 9.70 Å². The molecular formula is C7H14N2O3. The summed E-state index contributed by atoms with van der Waals surface area (Å²) in [6.45, 7) is 3.61. The first-order valence-electron chi connectivity index (χ1n) is 3.93. The molecule has 5 heteroatoms. The van der Waals surface area contributed by atoms with Gasteiger partial charge in [-0.1, -0.05) is 13.3 Å². The minimum absolute atomic E-state index is 0.245. The Bertz CT molecular complexity index is 150. The van der Waals surface area contributed by atoms with Gasteiger partial charge in [0.05, 0.1) is 6.54 Å². The molecule has 0 saturated heterocycles.